The van der Waals surface area contributed by atoms with Crippen molar-refractivity contribution in [1.82, 2.24) is 24.3 Å². The van der Waals surface area contributed by atoms with Crippen LogP contribution in [0.15, 0.2) is 79.4 Å². The molecule has 174 valence electrons. The van der Waals surface area contributed by atoms with Gasteiger partial charge in [-0.2, -0.15) is 0 Å². The highest BCUT2D eigenvalue weighted by Crippen LogP contribution is 2.29. The van der Waals surface area contributed by atoms with Gasteiger partial charge >= 0.3 is 0 Å². The van der Waals surface area contributed by atoms with Gasteiger partial charge in [0, 0.05) is 54.4 Å². The van der Waals surface area contributed by atoms with Gasteiger partial charge in [0.2, 0.25) is 0 Å². The van der Waals surface area contributed by atoms with Crippen molar-refractivity contribution in [1.29, 1.82) is 0 Å². The zero-order valence-electron chi connectivity index (χ0n) is 19.4. The lowest BCUT2D eigenvalue weighted by atomic mass is 9.99. The second-order valence-electron chi connectivity index (χ2n) is 8.80. The molecule has 0 atom stereocenters. The lowest BCUT2D eigenvalue weighted by Crippen LogP contribution is -2.34. The molecule has 1 aromatic carbocycles. The SMILES string of the molecule is Cc1cccn2cc(COc3ccc(C(=O)N4CC=C(c5c[nH]c6ncccc56)CC4)cc3)nc12. The second-order valence-corrected chi connectivity index (χ2v) is 8.80. The van der Waals surface area contributed by atoms with Crippen molar-refractivity contribution >= 4 is 28.2 Å². The largest absolute Gasteiger partial charge is 0.487 e. The molecule has 0 spiro atoms. The Hall–Kier alpha value is -4.39. The lowest BCUT2D eigenvalue weighted by molar-refractivity contribution is 0.0773. The van der Waals surface area contributed by atoms with Crippen molar-refractivity contribution < 1.29 is 9.53 Å². The predicted molar refractivity (Wildman–Crippen MR) is 135 cm³/mol. The maximum atomic E-state index is 13.1. The fourth-order valence-corrected chi connectivity index (χ4v) is 4.63. The van der Waals surface area contributed by atoms with Crippen LogP contribution in [0.3, 0.4) is 0 Å². The van der Waals surface area contributed by atoms with Gasteiger partial charge in [0.25, 0.3) is 5.91 Å². The molecule has 0 aliphatic carbocycles. The molecule has 0 saturated carbocycles. The molecule has 1 amide bonds. The van der Waals surface area contributed by atoms with Gasteiger partial charge in [0.15, 0.2) is 0 Å². The van der Waals surface area contributed by atoms with E-state index in [1.165, 1.54) is 11.1 Å². The van der Waals surface area contributed by atoms with Crippen LogP contribution in [-0.2, 0) is 6.61 Å². The van der Waals surface area contributed by atoms with E-state index in [2.05, 4.69) is 27.1 Å². The van der Waals surface area contributed by atoms with E-state index >= 15 is 0 Å². The molecule has 4 aromatic heterocycles. The number of imidazole rings is 1. The first kappa shape index (κ1) is 21.2. The summed E-state index contributed by atoms with van der Waals surface area (Å²) in [5.74, 6) is 0.743. The first-order valence-electron chi connectivity index (χ1n) is 11.7. The first-order valence-corrected chi connectivity index (χ1v) is 11.7. The van der Waals surface area contributed by atoms with Gasteiger partial charge < -0.3 is 19.0 Å². The van der Waals surface area contributed by atoms with Crippen molar-refractivity contribution in [3.05, 3.63) is 102 Å². The Morgan fingerprint density at radius 1 is 1.14 bits per heavy atom. The van der Waals surface area contributed by atoms with Crippen LogP contribution in [0.2, 0.25) is 0 Å². The molecular weight excluding hydrogens is 438 g/mol. The number of ether oxygens (including phenoxy) is 1. The van der Waals surface area contributed by atoms with E-state index in [-0.39, 0.29) is 5.91 Å². The van der Waals surface area contributed by atoms with Gasteiger partial charge in [-0.3, -0.25) is 4.79 Å². The molecule has 5 aromatic rings. The Labute approximate surface area is 202 Å². The van der Waals surface area contributed by atoms with Crippen molar-refractivity contribution in [3.63, 3.8) is 0 Å². The summed E-state index contributed by atoms with van der Waals surface area (Å²) in [5, 5.41) is 1.12. The average Bonchev–Trinajstić information content (AvgIpc) is 3.53. The number of nitrogens with one attached hydrogen (secondary N) is 1. The summed E-state index contributed by atoms with van der Waals surface area (Å²) < 4.78 is 7.92. The third kappa shape index (κ3) is 4.05. The summed E-state index contributed by atoms with van der Waals surface area (Å²) in [7, 11) is 0. The number of rotatable bonds is 5. The molecule has 1 N–H and O–H groups in total. The number of amides is 1. The normalized spacial score (nSPS) is 13.9. The summed E-state index contributed by atoms with van der Waals surface area (Å²) in [4.78, 5) is 27.2. The fourth-order valence-electron chi connectivity index (χ4n) is 4.63. The Balaban J connectivity index is 1.09. The summed E-state index contributed by atoms with van der Waals surface area (Å²) in [5.41, 5.74) is 6.89. The van der Waals surface area contributed by atoms with E-state index in [1.807, 2.05) is 77.3 Å². The fraction of sp³-hybridized carbons (Fsp3) is 0.179. The van der Waals surface area contributed by atoms with Crippen LogP contribution in [0, 0.1) is 6.92 Å². The number of hydrogen-bond donors (Lipinski definition) is 1. The number of aromatic nitrogens is 4. The van der Waals surface area contributed by atoms with E-state index in [4.69, 9.17) is 4.74 Å². The topological polar surface area (TPSA) is 75.5 Å². The van der Waals surface area contributed by atoms with Crippen molar-refractivity contribution in [2.45, 2.75) is 20.0 Å². The third-order valence-corrected chi connectivity index (χ3v) is 6.51. The van der Waals surface area contributed by atoms with Crippen LogP contribution in [0.5, 0.6) is 5.75 Å². The highest BCUT2D eigenvalue weighted by atomic mass is 16.5. The number of hydrogen-bond acceptors (Lipinski definition) is 4. The summed E-state index contributed by atoms with van der Waals surface area (Å²) in [6.07, 6.45) is 10.7. The molecule has 7 heteroatoms. The van der Waals surface area contributed by atoms with E-state index in [0.717, 1.165) is 34.4 Å². The Bertz CT molecular complexity index is 1560. The number of fused-ring (bicyclic) bond motifs is 2. The highest BCUT2D eigenvalue weighted by Gasteiger charge is 2.20. The van der Waals surface area contributed by atoms with Crippen molar-refractivity contribution in [2.75, 3.05) is 13.1 Å². The van der Waals surface area contributed by atoms with Crippen LogP contribution >= 0.6 is 0 Å². The molecule has 1 aliphatic rings. The van der Waals surface area contributed by atoms with Gasteiger partial charge in [0.1, 0.15) is 23.7 Å². The molecule has 5 heterocycles. The summed E-state index contributed by atoms with van der Waals surface area (Å²) in [6, 6.07) is 15.4. The molecule has 35 heavy (non-hydrogen) atoms. The first-order chi connectivity index (χ1) is 17.2. The number of nitrogens with zero attached hydrogens (tertiary/aromatic N) is 4. The van der Waals surface area contributed by atoms with Crippen LogP contribution in [-0.4, -0.2) is 43.2 Å². The zero-order valence-corrected chi connectivity index (χ0v) is 19.4. The maximum Gasteiger partial charge on any atom is 0.254 e. The quantitative estimate of drug-likeness (QED) is 0.397. The number of H-pyrrole nitrogens is 1. The van der Waals surface area contributed by atoms with E-state index in [9.17, 15) is 4.79 Å². The van der Waals surface area contributed by atoms with Crippen LogP contribution in [0.25, 0.3) is 22.3 Å². The number of carbonyl (C=O) groups excluding carboxylic acids is 1. The monoisotopic (exact) mass is 463 g/mol. The number of carbonyl (C=O) groups is 1. The van der Waals surface area contributed by atoms with Crippen molar-refractivity contribution in [2.24, 2.45) is 0 Å². The molecule has 0 unspecified atom stereocenters. The van der Waals surface area contributed by atoms with Gasteiger partial charge in [0.05, 0.1) is 5.69 Å². The Kier molecular flexibility index (Phi) is 5.29. The number of aryl methyl sites for hydroxylation is 1. The van der Waals surface area contributed by atoms with Crippen LogP contribution < -0.4 is 4.74 Å². The second kappa shape index (κ2) is 8.76. The predicted octanol–water partition coefficient (Wildman–Crippen LogP) is 5.03. The highest BCUT2D eigenvalue weighted by molar-refractivity contribution is 5.96. The number of aromatic amines is 1. The molecule has 7 nitrogen and oxygen atoms in total. The average molecular weight is 464 g/mol. The van der Waals surface area contributed by atoms with Crippen LogP contribution in [0.4, 0.5) is 0 Å². The van der Waals surface area contributed by atoms with Gasteiger partial charge in [-0.1, -0.05) is 12.1 Å². The molecule has 0 fully saturated rings. The molecule has 0 bridgehead atoms. The Morgan fingerprint density at radius 2 is 2.03 bits per heavy atom. The maximum absolute atomic E-state index is 13.1. The van der Waals surface area contributed by atoms with Gasteiger partial charge in [-0.25, -0.2) is 9.97 Å². The zero-order chi connectivity index (χ0) is 23.8. The molecule has 0 saturated heterocycles. The third-order valence-electron chi connectivity index (χ3n) is 6.51. The smallest absolute Gasteiger partial charge is 0.254 e. The minimum atomic E-state index is 0.0308. The van der Waals surface area contributed by atoms with E-state index in [1.54, 1.807) is 6.20 Å². The number of benzene rings is 1. The summed E-state index contributed by atoms with van der Waals surface area (Å²) >= 11 is 0. The number of pyridine rings is 2. The van der Waals surface area contributed by atoms with Crippen molar-refractivity contribution in [3.8, 4) is 5.75 Å². The standard InChI is InChI=1S/C28H25N5O2/c1-19-4-3-13-33-17-22(31-27(19)33)18-35-23-8-6-21(7-9-23)28(34)32-14-10-20(11-15-32)25-16-30-26-24(25)5-2-12-29-26/h2-10,12-13,16-17H,11,14-15,18H2,1H3,(H,29,30). The van der Waals surface area contributed by atoms with E-state index < -0.39 is 0 Å². The molecular formula is C28H25N5O2. The summed E-state index contributed by atoms with van der Waals surface area (Å²) in [6.45, 7) is 3.69. The molecule has 0 radical (unpaired) electrons. The van der Waals surface area contributed by atoms with Gasteiger partial charge in [-0.15, -0.1) is 0 Å². The molecule has 6 rings (SSSR count). The minimum Gasteiger partial charge on any atom is -0.487 e. The van der Waals surface area contributed by atoms with Gasteiger partial charge in [-0.05, 0) is 66.9 Å². The minimum absolute atomic E-state index is 0.0308. The molecule has 1 aliphatic heterocycles. The van der Waals surface area contributed by atoms with E-state index in [0.29, 0.717) is 31.0 Å². The van der Waals surface area contributed by atoms with Crippen LogP contribution in [0.1, 0.15) is 33.6 Å². The lowest BCUT2D eigenvalue weighted by Gasteiger charge is -2.26. The Morgan fingerprint density at radius 3 is 2.83 bits per heavy atom.